The Balaban J connectivity index is 2.26. The summed E-state index contributed by atoms with van der Waals surface area (Å²) < 4.78 is 1.72. The molecule has 8 nitrogen and oxygen atoms in total. The maximum absolute atomic E-state index is 9.35. The van der Waals surface area contributed by atoms with Gasteiger partial charge < -0.3 is 15.3 Å². The van der Waals surface area contributed by atoms with Crippen LogP contribution in [0.2, 0.25) is 0 Å². The standard InChI is InChI=1S/C12H19N7O/c1-9(20)4-6-18(3)11-15-10(13-2)16-12(17-11)19-7-5-14-8-19/h5,7-9,20H,4,6H2,1-3H3,(H,13,15,16,17). The van der Waals surface area contributed by atoms with Crippen molar-refractivity contribution in [1.82, 2.24) is 24.5 Å². The van der Waals surface area contributed by atoms with Gasteiger partial charge in [-0.15, -0.1) is 0 Å². The zero-order chi connectivity index (χ0) is 14.5. The molecule has 1 atom stereocenters. The summed E-state index contributed by atoms with van der Waals surface area (Å²) in [4.78, 5) is 18.9. The van der Waals surface area contributed by atoms with E-state index in [1.807, 2.05) is 11.9 Å². The Hall–Kier alpha value is -2.22. The highest BCUT2D eigenvalue weighted by atomic mass is 16.3. The minimum atomic E-state index is -0.351. The number of nitrogens with one attached hydrogen (secondary N) is 1. The lowest BCUT2D eigenvalue weighted by Gasteiger charge is -2.18. The zero-order valence-electron chi connectivity index (χ0n) is 11.9. The topological polar surface area (TPSA) is 92.0 Å². The van der Waals surface area contributed by atoms with E-state index in [9.17, 15) is 5.11 Å². The fraction of sp³-hybridized carbons (Fsp3) is 0.500. The predicted molar refractivity (Wildman–Crippen MR) is 76.1 cm³/mol. The largest absolute Gasteiger partial charge is 0.393 e. The molecule has 8 heteroatoms. The average Bonchev–Trinajstić information content (AvgIpc) is 2.98. The Labute approximate surface area is 117 Å². The second-order valence-electron chi connectivity index (χ2n) is 4.54. The van der Waals surface area contributed by atoms with Gasteiger partial charge in [0, 0.05) is 33.0 Å². The Morgan fingerprint density at radius 2 is 2.20 bits per heavy atom. The summed E-state index contributed by atoms with van der Waals surface area (Å²) in [7, 11) is 3.64. The normalized spacial score (nSPS) is 12.2. The minimum Gasteiger partial charge on any atom is -0.393 e. The van der Waals surface area contributed by atoms with E-state index >= 15 is 0 Å². The van der Waals surface area contributed by atoms with Gasteiger partial charge in [-0.3, -0.25) is 4.57 Å². The summed E-state index contributed by atoms with van der Waals surface area (Å²) in [5.41, 5.74) is 0. The number of imidazole rings is 1. The van der Waals surface area contributed by atoms with Crippen LogP contribution in [0.5, 0.6) is 0 Å². The number of rotatable bonds is 6. The van der Waals surface area contributed by atoms with Crippen LogP contribution in [0.3, 0.4) is 0 Å². The molecule has 2 N–H and O–H groups in total. The van der Waals surface area contributed by atoms with Gasteiger partial charge in [0.25, 0.3) is 0 Å². The van der Waals surface area contributed by atoms with Crippen molar-refractivity contribution >= 4 is 11.9 Å². The molecule has 0 aliphatic rings. The molecular formula is C12H19N7O. The molecule has 0 fully saturated rings. The molecule has 0 radical (unpaired) electrons. The second-order valence-corrected chi connectivity index (χ2v) is 4.54. The van der Waals surface area contributed by atoms with Gasteiger partial charge in [0.05, 0.1) is 6.10 Å². The lowest BCUT2D eigenvalue weighted by molar-refractivity contribution is 0.186. The van der Waals surface area contributed by atoms with Crippen molar-refractivity contribution in [2.75, 3.05) is 30.9 Å². The SMILES string of the molecule is CNc1nc(N(C)CCC(C)O)nc(-n2ccnc2)n1. The van der Waals surface area contributed by atoms with Crippen LogP contribution in [-0.2, 0) is 0 Å². The van der Waals surface area contributed by atoms with Gasteiger partial charge in [-0.05, 0) is 13.3 Å². The molecular weight excluding hydrogens is 258 g/mol. The van der Waals surface area contributed by atoms with Crippen molar-refractivity contribution in [1.29, 1.82) is 0 Å². The third-order valence-corrected chi connectivity index (χ3v) is 2.79. The second kappa shape index (κ2) is 6.29. The molecule has 0 aliphatic carbocycles. The predicted octanol–water partition coefficient (Wildman–Crippen LogP) is 0.306. The third-order valence-electron chi connectivity index (χ3n) is 2.79. The summed E-state index contributed by atoms with van der Waals surface area (Å²) in [6.07, 6.45) is 5.37. The molecule has 0 aromatic carbocycles. The molecule has 2 rings (SSSR count). The van der Waals surface area contributed by atoms with Gasteiger partial charge in [-0.25, -0.2) is 4.98 Å². The Morgan fingerprint density at radius 3 is 2.80 bits per heavy atom. The van der Waals surface area contributed by atoms with Crippen molar-refractivity contribution in [2.24, 2.45) is 0 Å². The van der Waals surface area contributed by atoms with Crippen molar-refractivity contribution in [3.05, 3.63) is 18.7 Å². The lowest BCUT2D eigenvalue weighted by Crippen LogP contribution is -2.25. The van der Waals surface area contributed by atoms with Crippen LogP contribution in [0.4, 0.5) is 11.9 Å². The Kier molecular flexibility index (Phi) is 4.46. The van der Waals surface area contributed by atoms with Crippen LogP contribution in [-0.4, -0.2) is 56.4 Å². The first kappa shape index (κ1) is 14.2. The molecule has 108 valence electrons. The quantitative estimate of drug-likeness (QED) is 0.784. The molecule has 2 aromatic heterocycles. The monoisotopic (exact) mass is 277 g/mol. The molecule has 0 aliphatic heterocycles. The summed E-state index contributed by atoms with van der Waals surface area (Å²) in [6.45, 7) is 2.42. The first-order valence-corrected chi connectivity index (χ1v) is 6.41. The fourth-order valence-electron chi connectivity index (χ4n) is 1.61. The molecule has 0 saturated carbocycles. The van der Waals surface area contributed by atoms with Crippen LogP contribution >= 0.6 is 0 Å². The summed E-state index contributed by atoms with van der Waals surface area (Å²) in [6, 6.07) is 0. The van der Waals surface area contributed by atoms with Crippen LogP contribution in [0, 0.1) is 0 Å². The van der Waals surface area contributed by atoms with Gasteiger partial charge in [0.2, 0.25) is 17.8 Å². The van der Waals surface area contributed by atoms with Gasteiger partial charge in [-0.2, -0.15) is 15.0 Å². The van der Waals surface area contributed by atoms with E-state index in [0.717, 1.165) is 0 Å². The fourth-order valence-corrected chi connectivity index (χ4v) is 1.61. The molecule has 0 spiro atoms. The number of anilines is 2. The zero-order valence-corrected chi connectivity index (χ0v) is 11.9. The van der Waals surface area contributed by atoms with E-state index in [0.29, 0.717) is 30.8 Å². The van der Waals surface area contributed by atoms with Crippen LogP contribution in [0.25, 0.3) is 5.95 Å². The lowest BCUT2D eigenvalue weighted by atomic mass is 10.3. The molecule has 2 aromatic rings. The summed E-state index contributed by atoms with van der Waals surface area (Å²) >= 11 is 0. The molecule has 1 unspecified atom stereocenters. The minimum absolute atomic E-state index is 0.351. The highest BCUT2D eigenvalue weighted by Gasteiger charge is 2.11. The van der Waals surface area contributed by atoms with Gasteiger partial charge in [0.1, 0.15) is 6.33 Å². The van der Waals surface area contributed by atoms with E-state index in [1.54, 1.807) is 37.3 Å². The number of hydrogen-bond donors (Lipinski definition) is 2. The van der Waals surface area contributed by atoms with Crippen molar-refractivity contribution in [2.45, 2.75) is 19.4 Å². The number of aromatic nitrogens is 5. The highest BCUT2D eigenvalue weighted by Crippen LogP contribution is 2.12. The van der Waals surface area contributed by atoms with Gasteiger partial charge in [-0.1, -0.05) is 0 Å². The van der Waals surface area contributed by atoms with E-state index in [4.69, 9.17) is 0 Å². The van der Waals surface area contributed by atoms with Gasteiger partial charge >= 0.3 is 0 Å². The molecule has 2 heterocycles. The average molecular weight is 277 g/mol. The van der Waals surface area contributed by atoms with E-state index in [2.05, 4.69) is 25.3 Å². The number of hydrogen-bond acceptors (Lipinski definition) is 7. The molecule has 20 heavy (non-hydrogen) atoms. The number of aliphatic hydroxyl groups excluding tert-OH is 1. The van der Waals surface area contributed by atoms with Crippen molar-refractivity contribution < 1.29 is 5.11 Å². The first-order valence-electron chi connectivity index (χ1n) is 6.41. The van der Waals surface area contributed by atoms with Crippen molar-refractivity contribution in [3.8, 4) is 5.95 Å². The molecule has 0 saturated heterocycles. The van der Waals surface area contributed by atoms with E-state index in [-0.39, 0.29) is 6.10 Å². The Morgan fingerprint density at radius 1 is 1.40 bits per heavy atom. The van der Waals surface area contributed by atoms with Crippen LogP contribution < -0.4 is 10.2 Å². The number of aliphatic hydroxyl groups is 1. The number of nitrogens with zero attached hydrogens (tertiary/aromatic N) is 6. The maximum Gasteiger partial charge on any atom is 0.241 e. The molecule has 0 bridgehead atoms. The molecule has 0 amide bonds. The highest BCUT2D eigenvalue weighted by molar-refractivity contribution is 5.39. The van der Waals surface area contributed by atoms with E-state index < -0.39 is 0 Å². The van der Waals surface area contributed by atoms with Gasteiger partial charge in [0.15, 0.2) is 0 Å². The van der Waals surface area contributed by atoms with Crippen LogP contribution in [0.1, 0.15) is 13.3 Å². The van der Waals surface area contributed by atoms with E-state index in [1.165, 1.54) is 0 Å². The summed E-state index contributed by atoms with van der Waals surface area (Å²) in [5.74, 6) is 1.54. The summed E-state index contributed by atoms with van der Waals surface area (Å²) in [5, 5.41) is 12.3. The third kappa shape index (κ3) is 3.41. The maximum atomic E-state index is 9.35. The smallest absolute Gasteiger partial charge is 0.241 e. The first-order chi connectivity index (χ1) is 9.60. The van der Waals surface area contributed by atoms with Crippen molar-refractivity contribution in [3.63, 3.8) is 0 Å². The Bertz CT molecular complexity index is 541. The van der Waals surface area contributed by atoms with Crippen LogP contribution in [0.15, 0.2) is 18.7 Å².